The molecule has 0 spiro atoms. The molecule has 0 radical (unpaired) electrons. The second-order valence-electron chi connectivity index (χ2n) is 5.38. The molecule has 0 amide bonds. The van der Waals surface area contributed by atoms with Crippen molar-refractivity contribution in [3.05, 3.63) is 64.5 Å². The van der Waals surface area contributed by atoms with Crippen LogP contribution in [0.2, 0.25) is 0 Å². The average Bonchev–Trinajstić information content (AvgIpc) is 3.10. The van der Waals surface area contributed by atoms with E-state index >= 15 is 0 Å². The van der Waals surface area contributed by atoms with Crippen molar-refractivity contribution in [3.8, 4) is 11.4 Å². The van der Waals surface area contributed by atoms with E-state index in [4.69, 9.17) is 16.7 Å². The molecule has 1 heterocycles. The van der Waals surface area contributed by atoms with Gasteiger partial charge in [0.25, 0.3) is 0 Å². The molecule has 0 bridgehead atoms. The fraction of sp³-hybridized carbons (Fsp3) is 0.167. The number of halogens is 1. The highest BCUT2D eigenvalue weighted by Gasteiger charge is 2.09. The molecule has 2 aromatic carbocycles. The Hall–Kier alpha value is -2.25. The Kier molecular flexibility index (Phi) is 5.78. The summed E-state index contributed by atoms with van der Waals surface area (Å²) in [4.78, 5) is 4.37. The molecule has 2 N–H and O–H groups in total. The summed E-state index contributed by atoms with van der Waals surface area (Å²) >= 11 is 8.73. The van der Waals surface area contributed by atoms with Crippen LogP contribution in [-0.4, -0.2) is 15.3 Å². The lowest BCUT2D eigenvalue weighted by molar-refractivity contribution is 0.376. The van der Waals surface area contributed by atoms with E-state index < -0.39 is 0 Å². The first-order valence-corrected chi connectivity index (χ1v) is 9.06. The number of thiocarbonyl (C=S) groups is 1. The molecule has 0 unspecified atom stereocenters. The molecule has 0 saturated heterocycles. The van der Waals surface area contributed by atoms with Crippen LogP contribution in [0, 0.1) is 0 Å². The number of aryl methyl sites for hydroxylation is 1. The van der Waals surface area contributed by atoms with Crippen molar-refractivity contribution in [2.75, 3.05) is 5.32 Å². The Balaban J connectivity index is 1.55. The van der Waals surface area contributed by atoms with Crippen LogP contribution in [0.1, 0.15) is 18.4 Å². The number of nitrogens with one attached hydrogen (secondary N) is 2. The third-order valence-corrected chi connectivity index (χ3v) is 4.31. The van der Waals surface area contributed by atoms with Crippen molar-refractivity contribution < 1.29 is 4.52 Å². The second kappa shape index (κ2) is 8.22. The number of anilines is 1. The van der Waals surface area contributed by atoms with Crippen molar-refractivity contribution in [2.24, 2.45) is 0 Å². The highest BCUT2D eigenvalue weighted by Crippen LogP contribution is 2.20. The van der Waals surface area contributed by atoms with Crippen LogP contribution in [0.15, 0.2) is 57.5 Å². The van der Waals surface area contributed by atoms with Crippen LogP contribution in [0.25, 0.3) is 11.4 Å². The summed E-state index contributed by atoms with van der Waals surface area (Å²) in [6.45, 7) is 2.49. The molecule has 0 aliphatic rings. The molecule has 3 rings (SSSR count). The number of nitrogens with zero attached hydrogens (tertiary/aromatic N) is 2. The summed E-state index contributed by atoms with van der Waals surface area (Å²) in [5, 5.41) is 10.7. The zero-order valence-corrected chi connectivity index (χ0v) is 16.0. The van der Waals surface area contributed by atoms with Crippen molar-refractivity contribution in [2.45, 2.75) is 19.9 Å². The lowest BCUT2D eigenvalue weighted by Crippen LogP contribution is -2.28. The van der Waals surface area contributed by atoms with Gasteiger partial charge in [0.2, 0.25) is 11.7 Å². The quantitative estimate of drug-likeness (QED) is 0.594. The molecule has 7 heteroatoms. The zero-order valence-electron chi connectivity index (χ0n) is 13.6. The first-order chi connectivity index (χ1) is 12.1. The Morgan fingerprint density at radius 3 is 2.72 bits per heavy atom. The van der Waals surface area contributed by atoms with E-state index in [0.717, 1.165) is 22.1 Å². The molecule has 0 atom stereocenters. The van der Waals surface area contributed by atoms with Crippen molar-refractivity contribution in [1.82, 2.24) is 15.5 Å². The van der Waals surface area contributed by atoms with Crippen LogP contribution >= 0.6 is 28.1 Å². The Bertz CT molecular complexity index is 864. The Morgan fingerprint density at radius 2 is 2.00 bits per heavy atom. The number of hydrogen-bond donors (Lipinski definition) is 2. The van der Waals surface area contributed by atoms with Gasteiger partial charge in [0.15, 0.2) is 5.11 Å². The van der Waals surface area contributed by atoms with Crippen LogP contribution in [0.3, 0.4) is 0 Å². The monoisotopic (exact) mass is 416 g/mol. The summed E-state index contributed by atoms with van der Waals surface area (Å²) in [5.41, 5.74) is 3.12. The third-order valence-electron chi connectivity index (χ3n) is 3.57. The van der Waals surface area contributed by atoms with Gasteiger partial charge in [-0.3, -0.25) is 0 Å². The topological polar surface area (TPSA) is 63.0 Å². The first kappa shape index (κ1) is 17.6. The lowest BCUT2D eigenvalue weighted by Gasteiger charge is -2.09. The summed E-state index contributed by atoms with van der Waals surface area (Å²) in [6.07, 6.45) is 1.01. The molecule has 0 saturated carbocycles. The van der Waals surface area contributed by atoms with E-state index in [1.54, 1.807) is 0 Å². The SMILES string of the molecule is CCc1ccc(NC(=S)NCc2nc(-c3cccc(Br)c3)no2)cc1. The molecule has 1 aromatic heterocycles. The van der Waals surface area contributed by atoms with Gasteiger partial charge in [0.1, 0.15) is 0 Å². The molecule has 5 nitrogen and oxygen atoms in total. The number of benzene rings is 2. The van der Waals surface area contributed by atoms with Crippen molar-refractivity contribution >= 4 is 38.9 Å². The number of aromatic nitrogens is 2. The van der Waals surface area contributed by atoms with Gasteiger partial charge in [-0.1, -0.05) is 52.3 Å². The fourth-order valence-electron chi connectivity index (χ4n) is 2.23. The summed E-state index contributed by atoms with van der Waals surface area (Å²) in [6, 6.07) is 15.9. The molecular weight excluding hydrogens is 400 g/mol. The van der Waals surface area contributed by atoms with E-state index in [9.17, 15) is 0 Å². The van der Waals surface area contributed by atoms with E-state index in [-0.39, 0.29) is 0 Å². The van der Waals surface area contributed by atoms with E-state index in [2.05, 4.69) is 55.8 Å². The fourth-order valence-corrected chi connectivity index (χ4v) is 2.82. The van der Waals surface area contributed by atoms with Gasteiger partial charge >= 0.3 is 0 Å². The van der Waals surface area contributed by atoms with Crippen LogP contribution in [0.5, 0.6) is 0 Å². The van der Waals surface area contributed by atoms with E-state index in [0.29, 0.717) is 23.4 Å². The van der Waals surface area contributed by atoms with Crippen LogP contribution in [0.4, 0.5) is 5.69 Å². The second-order valence-corrected chi connectivity index (χ2v) is 6.70. The maximum Gasteiger partial charge on any atom is 0.246 e. The largest absolute Gasteiger partial charge is 0.353 e. The maximum absolute atomic E-state index is 5.30. The standard InChI is InChI=1S/C18H17BrN4OS/c1-2-12-6-8-15(9-7-12)21-18(25)20-11-16-22-17(23-24-16)13-4-3-5-14(19)10-13/h3-10H,2,11H2,1H3,(H2,20,21,25). The summed E-state index contributed by atoms with van der Waals surface area (Å²) in [5.74, 6) is 1.02. The van der Waals surface area contributed by atoms with Gasteiger partial charge in [0, 0.05) is 15.7 Å². The molecular formula is C18H17BrN4OS. The van der Waals surface area contributed by atoms with Gasteiger partial charge in [-0.15, -0.1) is 0 Å². The molecule has 0 fully saturated rings. The van der Waals surface area contributed by atoms with E-state index in [1.807, 2.05) is 36.4 Å². The normalized spacial score (nSPS) is 10.5. The van der Waals surface area contributed by atoms with Gasteiger partial charge in [0.05, 0.1) is 6.54 Å². The minimum Gasteiger partial charge on any atom is -0.353 e. The van der Waals surface area contributed by atoms with Gasteiger partial charge < -0.3 is 15.2 Å². The Morgan fingerprint density at radius 1 is 1.20 bits per heavy atom. The van der Waals surface area contributed by atoms with Gasteiger partial charge in [-0.25, -0.2) is 0 Å². The number of hydrogen-bond acceptors (Lipinski definition) is 4. The highest BCUT2D eigenvalue weighted by molar-refractivity contribution is 9.10. The Labute approximate surface area is 160 Å². The molecule has 25 heavy (non-hydrogen) atoms. The van der Waals surface area contributed by atoms with Gasteiger partial charge in [-0.2, -0.15) is 4.98 Å². The summed E-state index contributed by atoms with van der Waals surface area (Å²) in [7, 11) is 0. The predicted molar refractivity (Wildman–Crippen MR) is 106 cm³/mol. The smallest absolute Gasteiger partial charge is 0.246 e. The lowest BCUT2D eigenvalue weighted by atomic mass is 10.1. The van der Waals surface area contributed by atoms with Gasteiger partial charge in [-0.05, 0) is 48.5 Å². The first-order valence-electron chi connectivity index (χ1n) is 7.86. The number of rotatable bonds is 5. The molecule has 0 aliphatic carbocycles. The van der Waals surface area contributed by atoms with Crippen LogP contribution in [-0.2, 0) is 13.0 Å². The summed E-state index contributed by atoms with van der Waals surface area (Å²) < 4.78 is 6.23. The average molecular weight is 417 g/mol. The van der Waals surface area contributed by atoms with Crippen molar-refractivity contribution in [1.29, 1.82) is 0 Å². The molecule has 0 aliphatic heterocycles. The molecule has 3 aromatic rings. The zero-order chi connectivity index (χ0) is 17.6. The minimum atomic E-state index is 0.361. The molecule has 128 valence electrons. The minimum absolute atomic E-state index is 0.361. The predicted octanol–water partition coefficient (Wildman–Crippen LogP) is 4.55. The van der Waals surface area contributed by atoms with E-state index in [1.165, 1.54) is 5.56 Å². The maximum atomic E-state index is 5.30. The highest BCUT2D eigenvalue weighted by atomic mass is 79.9. The third kappa shape index (κ3) is 4.87. The van der Waals surface area contributed by atoms with Crippen molar-refractivity contribution in [3.63, 3.8) is 0 Å². The van der Waals surface area contributed by atoms with Crippen LogP contribution < -0.4 is 10.6 Å².